The maximum Gasteiger partial charge on any atom is 0.406 e. The summed E-state index contributed by atoms with van der Waals surface area (Å²) in [6.45, 7) is -1.21. The molecule has 0 spiro atoms. The Balaban J connectivity index is 2.69. The molecule has 1 amide bonds. The normalized spacial score (nSPS) is 11.2. The lowest BCUT2D eigenvalue weighted by molar-refractivity contribution is -0.160. The smallest absolute Gasteiger partial charge is 0.406 e. The van der Waals surface area contributed by atoms with Gasteiger partial charge in [-0.25, -0.2) is 0 Å². The number of nitrogens with zero attached hydrogens (tertiary/aromatic N) is 1. The number of carbonyl (C=O) groups excluding carboxylic acids is 1. The lowest BCUT2D eigenvalue weighted by Gasteiger charge is -2.23. The zero-order chi connectivity index (χ0) is 15.2. The number of benzene rings is 1. The van der Waals surface area contributed by atoms with Crippen LogP contribution in [0, 0.1) is 0 Å². The highest BCUT2D eigenvalue weighted by atomic mass is 79.9. The van der Waals surface area contributed by atoms with Gasteiger partial charge in [-0.15, -0.1) is 0 Å². The molecule has 0 aromatic heterocycles. The van der Waals surface area contributed by atoms with Gasteiger partial charge in [0.2, 0.25) is 5.91 Å². The fourth-order valence-electron chi connectivity index (χ4n) is 1.64. The van der Waals surface area contributed by atoms with Gasteiger partial charge in [-0.2, -0.15) is 13.2 Å². The van der Waals surface area contributed by atoms with Crippen molar-refractivity contribution in [2.24, 2.45) is 0 Å². The lowest BCUT2D eigenvalue weighted by Crippen LogP contribution is -2.40. The van der Waals surface area contributed by atoms with Gasteiger partial charge >= 0.3 is 6.18 Å². The van der Waals surface area contributed by atoms with E-state index in [1.807, 2.05) is 0 Å². The van der Waals surface area contributed by atoms with Crippen LogP contribution >= 0.6 is 15.9 Å². The van der Waals surface area contributed by atoms with E-state index in [2.05, 4.69) is 15.9 Å². The molecule has 112 valence electrons. The molecule has 0 unspecified atom stereocenters. The van der Waals surface area contributed by atoms with E-state index >= 15 is 0 Å². The molecular weight excluding hydrogens is 339 g/mol. The average Bonchev–Trinajstić information content (AvgIpc) is 2.37. The summed E-state index contributed by atoms with van der Waals surface area (Å²) in [7, 11) is 1.52. The maximum atomic E-state index is 12.4. The highest BCUT2D eigenvalue weighted by Crippen LogP contribution is 2.18. The van der Waals surface area contributed by atoms with E-state index in [1.165, 1.54) is 7.11 Å². The maximum absolute atomic E-state index is 12.4. The molecule has 1 aromatic carbocycles. The van der Waals surface area contributed by atoms with Crippen molar-refractivity contribution in [3.05, 3.63) is 29.8 Å². The Morgan fingerprint density at radius 3 is 2.35 bits per heavy atom. The second-order valence-corrected chi connectivity index (χ2v) is 4.94. The minimum absolute atomic E-state index is 0.0223. The first kappa shape index (κ1) is 16.8. The first-order valence-corrected chi connectivity index (χ1v) is 7.01. The third-order valence-electron chi connectivity index (χ3n) is 2.59. The van der Waals surface area contributed by atoms with Gasteiger partial charge in [0.25, 0.3) is 0 Å². The number of alkyl halides is 4. The predicted octanol–water partition coefficient (Wildman–Crippen LogP) is 3.02. The van der Waals surface area contributed by atoms with E-state index in [4.69, 9.17) is 4.74 Å². The molecule has 0 aliphatic carbocycles. The standard InChI is InChI=1S/C13H15BrF3NO2/c1-20-11-4-2-10(3-5-11)8-12(19)18(7-6-14)9-13(15,16)17/h2-5H,6-9H2,1H3. The molecule has 3 nitrogen and oxygen atoms in total. The van der Waals surface area contributed by atoms with E-state index in [0.29, 0.717) is 16.6 Å². The zero-order valence-electron chi connectivity index (χ0n) is 10.9. The summed E-state index contributed by atoms with van der Waals surface area (Å²) < 4.78 is 42.2. The highest BCUT2D eigenvalue weighted by molar-refractivity contribution is 9.09. The summed E-state index contributed by atoms with van der Waals surface area (Å²) in [5.74, 6) is 0.0840. The molecule has 0 fully saturated rings. The molecule has 0 atom stereocenters. The Labute approximate surface area is 123 Å². The second-order valence-electron chi connectivity index (χ2n) is 4.14. The molecular formula is C13H15BrF3NO2. The molecule has 0 aliphatic rings. The quantitative estimate of drug-likeness (QED) is 0.735. The lowest BCUT2D eigenvalue weighted by atomic mass is 10.1. The van der Waals surface area contributed by atoms with Crippen molar-refractivity contribution in [2.45, 2.75) is 12.6 Å². The highest BCUT2D eigenvalue weighted by Gasteiger charge is 2.32. The van der Waals surface area contributed by atoms with Crippen LogP contribution in [0.1, 0.15) is 5.56 Å². The summed E-state index contributed by atoms with van der Waals surface area (Å²) >= 11 is 3.05. The molecule has 0 aliphatic heterocycles. The summed E-state index contributed by atoms with van der Waals surface area (Å²) in [5, 5.41) is 0.303. The molecule has 1 aromatic rings. The van der Waals surface area contributed by atoms with Crippen molar-refractivity contribution in [1.82, 2.24) is 4.90 Å². The number of hydrogen-bond donors (Lipinski definition) is 0. The van der Waals surface area contributed by atoms with Crippen LogP contribution in [0.4, 0.5) is 13.2 Å². The van der Waals surface area contributed by atoms with Crippen LogP contribution in [-0.4, -0.2) is 42.5 Å². The van der Waals surface area contributed by atoms with Gasteiger partial charge in [-0.3, -0.25) is 4.79 Å². The van der Waals surface area contributed by atoms with Crippen LogP contribution in [0.25, 0.3) is 0 Å². The molecule has 7 heteroatoms. The zero-order valence-corrected chi connectivity index (χ0v) is 12.5. The number of ether oxygens (including phenoxy) is 1. The molecule has 0 saturated carbocycles. The number of amides is 1. The van der Waals surface area contributed by atoms with Crippen LogP contribution in [0.15, 0.2) is 24.3 Å². The van der Waals surface area contributed by atoms with Crippen LogP contribution in [0.3, 0.4) is 0 Å². The van der Waals surface area contributed by atoms with Crippen LogP contribution in [0.2, 0.25) is 0 Å². The van der Waals surface area contributed by atoms with E-state index in [0.717, 1.165) is 4.90 Å². The average molecular weight is 354 g/mol. The molecule has 0 heterocycles. The summed E-state index contributed by atoms with van der Waals surface area (Å²) in [6, 6.07) is 6.66. The molecule has 20 heavy (non-hydrogen) atoms. The topological polar surface area (TPSA) is 29.5 Å². The summed E-state index contributed by atoms with van der Waals surface area (Å²) in [6.07, 6.45) is -4.45. The number of rotatable bonds is 6. The Bertz CT molecular complexity index is 434. The number of halogens is 4. The third kappa shape index (κ3) is 5.81. The van der Waals surface area contributed by atoms with Crippen molar-refractivity contribution in [1.29, 1.82) is 0 Å². The minimum Gasteiger partial charge on any atom is -0.497 e. The Morgan fingerprint density at radius 1 is 1.30 bits per heavy atom. The van der Waals surface area contributed by atoms with Gasteiger partial charge in [0, 0.05) is 11.9 Å². The van der Waals surface area contributed by atoms with Crippen molar-refractivity contribution < 1.29 is 22.7 Å². The first-order valence-electron chi connectivity index (χ1n) is 5.89. The van der Waals surface area contributed by atoms with Crippen LogP contribution in [0.5, 0.6) is 5.75 Å². The van der Waals surface area contributed by atoms with Gasteiger partial charge in [0.1, 0.15) is 12.3 Å². The van der Waals surface area contributed by atoms with Gasteiger partial charge in [-0.05, 0) is 17.7 Å². The van der Waals surface area contributed by atoms with Crippen molar-refractivity contribution >= 4 is 21.8 Å². The van der Waals surface area contributed by atoms with Gasteiger partial charge < -0.3 is 9.64 Å². The van der Waals surface area contributed by atoms with E-state index in [-0.39, 0.29) is 13.0 Å². The largest absolute Gasteiger partial charge is 0.497 e. The first-order chi connectivity index (χ1) is 9.35. The Kier molecular flexibility index (Phi) is 6.32. The molecule has 0 N–H and O–H groups in total. The molecule has 0 radical (unpaired) electrons. The van der Waals surface area contributed by atoms with E-state index in [9.17, 15) is 18.0 Å². The van der Waals surface area contributed by atoms with Crippen molar-refractivity contribution in [2.75, 3.05) is 25.5 Å². The number of carbonyl (C=O) groups is 1. The monoisotopic (exact) mass is 353 g/mol. The molecule has 0 bridgehead atoms. The van der Waals surface area contributed by atoms with Crippen LogP contribution < -0.4 is 4.74 Å². The van der Waals surface area contributed by atoms with Crippen LogP contribution in [-0.2, 0) is 11.2 Å². The van der Waals surface area contributed by atoms with E-state index in [1.54, 1.807) is 24.3 Å². The minimum atomic E-state index is -4.39. The Morgan fingerprint density at radius 2 is 1.90 bits per heavy atom. The number of hydrogen-bond acceptors (Lipinski definition) is 2. The fourth-order valence-corrected chi connectivity index (χ4v) is 2.07. The summed E-state index contributed by atoms with van der Waals surface area (Å²) in [4.78, 5) is 12.7. The predicted molar refractivity (Wildman–Crippen MR) is 73.1 cm³/mol. The Hall–Kier alpha value is -1.24. The SMILES string of the molecule is COc1ccc(CC(=O)N(CCBr)CC(F)(F)F)cc1. The van der Waals surface area contributed by atoms with Gasteiger partial charge in [0.05, 0.1) is 13.5 Å². The van der Waals surface area contributed by atoms with Gasteiger partial charge in [-0.1, -0.05) is 28.1 Å². The van der Waals surface area contributed by atoms with Gasteiger partial charge in [0.15, 0.2) is 0 Å². The third-order valence-corrected chi connectivity index (χ3v) is 2.95. The fraction of sp³-hybridized carbons (Fsp3) is 0.462. The van der Waals surface area contributed by atoms with Crippen molar-refractivity contribution in [3.63, 3.8) is 0 Å². The van der Waals surface area contributed by atoms with E-state index < -0.39 is 18.6 Å². The number of methoxy groups -OCH3 is 1. The second kappa shape index (κ2) is 7.52. The summed E-state index contributed by atoms with van der Waals surface area (Å²) in [5.41, 5.74) is 0.651. The molecule has 1 rings (SSSR count). The molecule has 0 saturated heterocycles. The van der Waals surface area contributed by atoms with Crippen molar-refractivity contribution in [3.8, 4) is 5.75 Å².